The first-order chi connectivity index (χ1) is 11.1. The van der Waals surface area contributed by atoms with E-state index < -0.39 is 0 Å². The van der Waals surface area contributed by atoms with Gasteiger partial charge in [0.2, 0.25) is 0 Å². The van der Waals surface area contributed by atoms with Crippen LogP contribution in [0.15, 0.2) is 17.5 Å². The monoisotopic (exact) mass is 344 g/mol. The summed E-state index contributed by atoms with van der Waals surface area (Å²) in [5.41, 5.74) is 7.43. The lowest BCUT2D eigenvalue weighted by Gasteiger charge is -2.22. The summed E-state index contributed by atoms with van der Waals surface area (Å²) in [6, 6.07) is 4.87. The summed E-state index contributed by atoms with van der Waals surface area (Å²) < 4.78 is 0. The molecule has 120 valence electrons. The molecule has 6 heteroatoms. The maximum absolute atomic E-state index is 6.21. The fraction of sp³-hybridized carbons (Fsp3) is 0.412. The number of anilines is 1. The number of rotatable bonds is 3. The Morgan fingerprint density at radius 3 is 3.00 bits per heavy atom. The van der Waals surface area contributed by atoms with Crippen molar-refractivity contribution in [3.05, 3.63) is 38.7 Å². The number of hydrogen-bond donors (Lipinski definition) is 1. The first-order valence-corrected chi connectivity index (χ1v) is 9.62. The van der Waals surface area contributed by atoms with E-state index in [1.807, 2.05) is 11.3 Å². The average Bonchev–Trinajstić information content (AvgIpc) is 3.21. The van der Waals surface area contributed by atoms with E-state index in [0.29, 0.717) is 11.9 Å². The molecule has 0 spiro atoms. The molecule has 0 saturated carbocycles. The minimum absolute atomic E-state index is 0.502. The Morgan fingerprint density at radius 1 is 1.35 bits per heavy atom. The van der Waals surface area contributed by atoms with Gasteiger partial charge >= 0.3 is 0 Å². The van der Waals surface area contributed by atoms with Crippen molar-refractivity contribution in [2.45, 2.75) is 39.3 Å². The van der Waals surface area contributed by atoms with Gasteiger partial charge in [0.25, 0.3) is 0 Å². The van der Waals surface area contributed by atoms with Crippen LogP contribution in [0.1, 0.15) is 40.0 Å². The van der Waals surface area contributed by atoms with Gasteiger partial charge < -0.3 is 5.73 Å². The molecule has 3 aromatic rings. The van der Waals surface area contributed by atoms with Gasteiger partial charge in [0, 0.05) is 15.8 Å². The fourth-order valence-electron chi connectivity index (χ4n) is 3.40. The van der Waals surface area contributed by atoms with Crippen molar-refractivity contribution in [3.63, 3.8) is 0 Å². The molecule has 0 aromatic carbocycles. The summed E-state index contributed by atoms with van der Waals surface area (Å²) >= 11 is 3.56. The van der Waals surface area contributed by atoms with Crippen molar-refractivity contribution < 1.29 is 0 Å². The van der Waals surface area contributed by atoms with Gasteiger partial charge in [-0.2, -0.15) is 0 Å². The highest BCUT2D eigenvalue weighted by Gasteiger charge is 2.27. The number of hydrogen-bond acceptors (Lipinski definition) is 6. The van der Waals surface area contributed by atoms with Crippen molar-refractivity contribution in [2.75, 3.05) is 12.3 Å². The average molecular weight is 345 g/mol. The Labute approximate surface area is 144 Å². The molecule has 0 amide bonds. The summed E-state index contributed by atoms with van der Waals surface area (Å²) in [5.74, 6) is 1.47. The van der Waals surface area contributed by atoms with Crippen molar-refractivity contribution in [1.29, 1.82) is 0 Å². The second kappa shape index (κ2) is 5.85. The third-order valence-corrected chi connectivity index (χ3v) is 6.76. The van der Waals surface area contributed by atoms with Gasteiger partial charge in [0.05, 0.1) is 11.9 Å². The maximum atomic E-state index is 6.21. The smallest absolute Gasteiger partial charge is 0.146 e. The minimum Gasteiger partial charge on any atom is -0.383 e. The number of aryl methyl sites for hydroxylation is 2. The SMILES string of the molecule is Cc1sc2nc(CN3CCC[C@@H]3c3cccs3)nc(N)c2c1C. The second-order valence-corrected chi connectivity index (χ2v) is 8.31. The zero-order valence-corrected chi connectivity index (χ0v) is 15.0. The molecule has 1 aliphatic heterocycles. The van der Waals surface area contributed by atoms with E-state index in [4.69, 9.17) is 10.7 Å². The normalized spacial score (nSPS) is 19.0. The summed E-state index contributed by atoms with van der Waals surface area (Å²) in [6.07, 6.45) is 2.45. The first-order valence-electron chi connectivity index (χ1n) is 7.93. The molecular formula is C17H20N4S2. The van der Waals surface area contributed by atoms with E-state index in [-0.39, 0.29) is 0 Å². The Balaban J connectivity index is 1.65. The van der Waals surface area contributed by atoms with E-state index in [1.165, 1.54) is 28.2 Å². The molecular weight excluding hydrogens is 324 g/mol. The Bertz CT molecular complexity index is 838. The Morgan fingerprint density at radius 2 is 2.22 bits per heavy atom. The van der Waals surface area contributed by atoms with Gasteiger partial charge in [0.1, 0.15) is 16.5 Å². The molecule has 4 heterocycles. The zero-order valence-electron chi connectivity index (χ0n) is 13.4. The summed E-state index contributed by atoms with van der Waals surface area (Å²) in [4.78, 5) is 15.6. The lowest BCUT2D eigenvalue weighted by atomic mass is 10.2. The van der Waals surface area contributed by atoms with E-state index in [1.54, 1.807) is 11.3 Å². The highest BCUT2D eigenvalue weighted by molar-refractivity contribution is 7.18. The number of aromatic nitrogens is 2. The van der Waals surface area contributed by atoms with Gasteiger partial charge in [0.15, 0.2) is 0 Å². The Kier molecular flexibility index (Phi) is 3.83. The van der Waals surface area contributed by atoms with E-state index >= 15 is 0 Å². The van der Waals surface area contributed by atoms with Crippen molar-refractivity contribution in [2.24, 2.45) is 0 Å². The van der Waals surface area contributed by atoms with Crippen molar-refractivity contribution in [3.8, 4) is 0 Å². The predicted molar refractivity (Wildman–Crippen MR) is 98.0 cm³/mol. The van der Waals surface area contributed by atoms with Gasteiger partial charge in [-0.1, -0.05) is 6.07 Å². The van der Waals surface area contributed by atoms with Crippen LogP contribution in [0.3, 0.4) is 0 Å². The number of nitrogens with two attached hydrogens (primary N) is 1. The summed E-state index contributed by atoms with van der Waals surface area (Å²) in [6.45, 7) is 6.10. The highest BCUT2D eigenvalue weighted by Crippen LogP contribution is 2.36. The zero-order chi connectivity index (χ0) is 16.0. The number of fused-ring (bicyclic) bond motifs is 1. The van der Waals surface area contributed by atoms with Crippen LogP contribution in [-0.4, -0.2) is 21.4 Å². The van der Waals surface area contributed by atoms with Crippen LogP contribution >= 0.6 is 22.7 Å². The number of likely N-dealkylation sites (tertiary alicyclic amines) is 1. The van der Waals surface area contributed by atoms with Gasteiger partial charge in [-0.25, -0.2) is 9.97 Å². The number of thiophene rings is 2. The van der Waals surface area contributed by atoms with Crippen molar-refractivity contribution >= 4 is 38.7 Å². The maximum Gasteiger partial charge on any atom is 0.146 e. The van der Waals surface area contributed by atoms with Crippen LogP contribution in [0.2, 0.25) is 0 Å². The van der Waals surface area contributed by atoms with Crippen LogP contribution in [-0.2, 0) is 6.54 Å². The van der Waals surface area contributed by atoms with Gasteiger partial charge in [-0.05, 0) is 50.2 Å². The predicted octanol–water partition coefficient (Wildman–Crippen LogP) is 4.29. The number of nitrogen functional groups attached to an aromatic ring is 1. The second-order valence-electron chi connectivity index (χ2n) is 6.13. The molecule has 0 unspecified atom stereocenters. The highest BCUT2D eigenvalue weighted by atomic mass is 32.1. The lowest BCUT2D eigenvalue weighted by Crippen LogP contribution is -2.23. The van der Waals surface area contributed by atoms with E-state index in [9.17, 15) is 0 Å². The van der Waals surface area contributed by atoms with Crippen LogP contribution in [0, 0.1) is 13.8 Å². The molecule has 23 heavy (non-hydrogen) atoms. The number of nitrogens with zero attached hydrogens (tertiary/aromatic N) is 3. The quantitative estimate of drug-likeness (QED) is 0.770. The first kappa shape index (κ1) is 15.1. The fourth-order valence-corrected chi connectivity index (χ4v) is 5.35. The van der Waals surface area contributed by atoms with Crippen LogP contribution in [0.5, 0.6) is 0 Å². The van der Waals surface area contributed by atoms with Crippen LogP contribution in [0.25, 0.3) is 10.2 Å². The van der Waals surface area contributed by atoms with Gasteiger partial charge in [-0.15, -0.1) is 22.7 Å². The molecule has 2 N–H and O–H groups in total. The van der Waals surface area contributed by atoms with Crippen molar-refractivity contribution in [1.82, 2.24) is 14.9 Å². The van der Waals surface area contributed by atoms with E-state index in [2.05, 4.69) is 41.2 Å². The third-order valence-electron chi connectivity index (χ3n) is 4.68. The molecule has 4 nitrogen and oxygen atoms in total. The summed E-state index contributed by atoms with van der Waals surface area (Å²) in [5, 5.41) is 3.19. The summed E-state index contributed by atoms with van der Waals surface area (Å²) in [7, 11) is 0. The van der Waals surface area contributed by atoms with Crippen LogP contribution in [0.4, 0.5) is 5.82 Å². The molecule has 3 aromatic heterocycles. The van der Waals surface area contributed by atoms with Crippen LogP contribution < -0.4 is 5.73 Å². The largest absolute Gasteiger partial charge is 0.383 e. The van der Waals surface area contributed by atoms with E-state index in [0.717, 1.165) is 29.1 Å². The third kappa shape index (κ3) is 2.65. The molecule has 4 rings (SSSR count). The van der Waals surface area contributed by atoms with Gasteiger partial charge in [-0.3, -0.25) is 4.90 Å². The lowest BCUT2D eigenvalue weighted by molar-refractivity contribution is 0.246. The molecule has 1 saturated heterocycles. The molecule has 1 aliphatic rings. The Hall–Kier alpha value is -1.50. The molecule has 0 aliphatic carbocycles. The standard InChI is InChI=1S/C17H20N4S2/c1-10-11(2)23-17-15(10)16(18)19-14(20-17)9-21-7-3-5-12(21)13-6-4-8-22-13/h4,6,8,12H,3,5,7,9H2,1-2H3,(H2,18,19,20)/t12-/m1/s1. The molecule has 1 fully saturated rings. The molecule has 0 bridgehead atoms. The molecule has 1 atom stereocenters. The molecule has 0 radical (unpaired) electrons. The minimum atomic E-state index is 0.502. The topological polar surface area (TPSA) is 55.0 Å².